The number of amides is 2. The first kappa shape index (κ1) is 16.8. The van der Waals surface area contributed by atoms with Crippen LogP contribution in [0.5, 0.6) is 0 Å². The molecule has 5 nitrogen and oxygen atoms in total. The Hall–Kier alpha value is -2.08. The highest BCUT2D eigenvalue weighted by Gasteiger charge is 2.22. The fourth-order valence-corrected chi connectivity index (χ4v) is 3.16. The molecule has 2 aromatic rings. The maximum atomic E-state index is 13.3. The number of fused-ring (bicyclic) bond motifs is 1. The van der Waals surface area contributed by atoms with E-state index in [1.807, 2.05) is 13.8 Å². The summed E-state index contributed by atoms with van der Waals surface area (Å²) in [6, 6.07) is 4.30. The molecule has 0 aliphatic carbocycles. The number of rotatable bonds is 4. The highest BCUT2D eigenvalue weighted by atomic mass is 19.1. The normalized spacial score (nSPS) is 17.0. The van der Waals surface area contributed by atoms with Gasteiger partial charge in [0.15, 0.2) is 0 Å². The standard InChI is InChI=1S/C18H23FN2O3/c1-11-15-9-14(19)3-4-16(15)24-17(11)10-20-18(22)21-12(2)13-5-7-23-8-6-13/h3-4,9,12-13H,5-8,10H2,1-2H3,(H2,20,21,22)/t12-/m1/s1. The van der Waals surface area contributed by atoms with Crippen LogP contribution in [0.1, 0.15) is 31.1 Å². The highest BCUT2D eigenvalue weighted by molar-refractivity contribution is 5.82. The van der Waals surface area contributed by atoms with E-state index in [0.717, 1.165) is 37.0 Å². The van der Waals surface area contributed by atoms with Gasteiger partial charge in [-0.1, -0.05) is 0 Å². The number of carbonyl (C=O) groups excluding carboxylic acids is 1. The van der Waals surface area contributed by atoms with Crippen LogP contribution in [0.2, 0.25) is 0 Å². The van der Waals surface area contributed by atoms with Gasteiger partial charge < -0.3 is 19.8 Å². The van der Waals surface area contributed by atoms with Crippen LogP contribution >= 0.6 is 0 Å². The van der Waals surface area contributed by atoms with E-state index in [2.05, 4.69) is 10.6 Å². The Morgan fingerprint density at radius 1 is 1.38 bits per heavy atom. The fourth-order valence-electron chi connectivity index (χ4n) is 3.16. The Morgan fingerprint density at radius 3 is 2.88 bits per heavy atom. The summed E-state index contributed by atoms with van der Waals surface area (Å²) >= 11 is 0. The molecule has 0 spiro atoms. The van der Waals surface area contributed by atoms with Crippen molar-refractivity contribution in [3.63, 3.8) is 0 Å². The summed E-state index contributed by atoms with van der Waals surface area (Å²) in [6.45, 7) is 5.67. The van der Waals surface area contributed by atoms with Crippen molar-refractivity contribution in [2.45, 2.75) is 39.3 Å². The Morgan fingerprint density at radius 2 is 2.12 bits per heavy atom. The lowest BCUT2D eigenvalue weighted by Crippen LogP contribution is -2.45. The maximum absolute atomic E-state index is 13.3. The van der Waals surface area contributed by atoms with Crippen molar-refractivity contribution in [2.24, 2.45) is 5.92 Å². The zero-order valence-corrected chi connectivity index (χ0v) is 14.0. The molecule has 0 radical (unpaired) electrons. The Bertz CT molecular complexity index is 722. The Labute approximate surface area is 140 Å². The number of furan rings is 1. The average Bonchev–Trinajstić information content (AvgIpc) is 2.89. The fraction of sp³-hybridized carbons (Fsp3) is 0.500. The molecule has 6 heteroatoms. The van der Waals surface area contributed by atoms with Crippen LogP contribution in [-0.4, -0.2) is 25.3 Å². The van der Waals surface area contributed by atoms with Crippen LogP contribution in [0.3, 0.4) is 0 Å². The van der Waals surface area contributed by atoms with Gasteiger partial charge in [-0.2, -0.15) is 0 Å². The number of hydrogen-bond acceptors (Lipinski definition) is 3. The quantitative estimate of drug-likeness (QED) is 0.899. The van der Waals surface area contributed by atoms with Gasteiger partial charge in [0.2, 0.25) is 0 Å². The maximum Gasteiger partial charge on any atom is 0.315 e. The molecular weight excluding hydrogens is 311 g/mol. The average molecular weight is 334 g/mol. The smallest absolute Gasteiger partial charge is 0.315 e. The van der Waals surface area contributed by atoms with Gasteiger partial charge in [-0.25, -0.2) is 9.18 Å². The molecule has 1 aliphatic rings. The molecule has 0 bridgehead atoms. The molecule has 2 N–H and O–H groups in total. The van der Waals surface area contributed by atoms with Crippen molar-refractivity contribution in [1.29, 1.82) is 0 Å². The molecule has 1 aromatic carbocycles. The molecule has 0 saturated carbocycles. The van der Waals surface area contributed by atoms with Crippen molar-refractivity contribution < 1.29 is 18.3 Å². The van der Waals surface area contributed by atoms with E-state index in [1.165, 1.54) is 12.1 Å². The van der Waals surface area contributed by atoms with Gasteiger partial charge in [-0.15, -0.1) is 0 Å². The molecular formula is C18H23FN2O3. The van der Waals surface area contributed by atoms with Crippen LogP contribution in [0.4, 0.5) is 9.18 Å². The van der Waals surface area contributed by atoms with Gasteiger partial charge in [0.05, 0.1) is 6.54 Å². The van der Waals surface area contributed by atoms with Gasteiger partial charge in [0.1, 0.15) is 17.2 Å². The van der Waals surface area contributed by atoms with E-state index >= 15 is 0 Å². The minimum absolute atomic E-state index is 0.0970. The molecule has 1 aromatic heterocycles. The summed E-state index contributed by atoms with van der Waals surface area (Å²) in [4.78, 5) is 12.1. The molecule has 1 saturated heterocycles. The summed E-state index contributed by atoms with van der Waals surface area (Å²) in [6.07, 6.45) is 1.94. The largest absolute Gasteiger partial charge is 0.459 e. The second kappa shape index (κ2) is 7.21. The van der Waals surface area contributed by atoms with E-state index in [4.69, 9.17) is 9.15 Å². The number of ether oxygens (including phenoxy) is 1. The van der Waals surface area contributed by atoms with Gasteiger partial charge >= 0.3 is 6.03 Å². The second-order valence-electron chi connectivity index (χ2n) is 6.36. The van der Waals surface area contributed by atoms with Crippen molar-refractivity contribution in [3.05, 3.63) is 35.3 Å². The van der Waals surface area contributed by atoms with Crippen molar-refractivity contribution >= 4 is 17.0 Å². The first-order valence-corrected chi connectivity index (χ1v) is 8.34. The summed E-state index contributed by atoms with van der Waals surface area (Å²) in [5.74, 6) is 0.791. The van der Waals surface area contributed by atoms with Crippen molar-refractivity contribution in [1.82, 2.24) is 10.6 Å². The summed E-state index contributed by atoms with van der Waals surface area (Å²) in [5, 5.41) is 6.53. The number of carbonyl (C=O) groups is 1. The molecule has 1 aliphatic heterocycles. The van der Waals surface area contributed by atoms with Crippen molar-refractivity contribution in [2.75, 3.05) is 13.2 Å². The van der Waals surface area contributed by atoms with Gasteiger partial charge in [-0.3, -0.25) is 0 Å². The zero-order valence-electron chi connectivity index (χ0n) is 14.0. The number of benzene rings is 1. The number of nitrogens with one attached hydrogen (secondary N) is 2. The predicted molar refractivity (Wildman–Crippen MR) is 89.3 cm³/mol. The SMILES string of the molecule is Cc1c(CNC(=O)N[C@H](C)C2CCOCC2)oc2ccc(F)cc12. The molecule has 130 valence electrons. The number of hydrogen-bond donors (Lipinski definition) is 2. The lowest BCUT2D eigenvalue weighted by Gasteiger charge is -2.28. The number of urea groups is 1. The van der Waals surface area contributed by atoms with E-state index in [0.29, 0.717) is 17.3 Å². The second-order valence-corrected chi connectivity index (χ2v) is 6.36. The van der Waals surface area contributed by atoms with Crippen LogP contribution in [0, 0.1) is 18.7 Å². The third-order valence-electron chi connectivity index (χ3n) is 4.74. The summed E-state index contributed by atoms with van der Waals surface area (Å²) in [5.41, 5.74) is 1.48. The minimum atomic E-state index is -0.297. The van der Waals surface area contributed by atoms with Crippen LogP contribution in [0.25, 0.3) is 11.0 Å². The molecule has 24 heavy (non-hydrogen) atoms. The molecule has 1 fully saturated rings. The zero-order chi connectivity index (χ0) is 17.1. The van der Waals surface area contributed by atoms with Crippen molar-refractivity contribution in [3.8, 4) is 0 Å². The minimum Gasteiger partial charge on any atom is -0.459 e. The van der Waals surface area contributed by atoms with E-state index in [-0.39, 0.29) is 24.4 Å². The topological polar surface area (TPSA) is 63.5 Å². The van der Waals surface area contributed by atoms with Gasteiger partial charge in [0, 0.05) is 30.2 Å². The lowest BCUT2D eigenvalue weighted by atomic mass is 9.93. The van der Waals surface area contributed by atoms with E-state index in [1.54, 1.807) is 6.07 Å². The molecule has 3 rings (SSSR count). The first-order chi connectivity index (χ1) is 11.5. The Kier molecular flexibility index (Phi) is 5.04. The van der Waals surface area contributed by atoms with Crippen LogP contribution < -0.4 is 10.6 Å². The molecule has 2 amide bonds. The monoisotopic (exact) mass is 334 g/mol. The Balaban J connectivity index is 1.57. The lowest BCUT2D eigenvalue weighted by molar-refractivity contribution is 0.0571. The molecule has 1 atom stereocenters. The first-order valence-electron chi connectivity index (χ1n) is 8.34. The third-order valence-corrected chi connectivity index (χ3v) is 4.74. The summed E-state index contributed by atoms with van der Waals surface area (Å²) in [7, 11) is 0. The molecule has 2 heterocycles. The molecule has 0 unspecified atom stereocenters. The summed E-state index contributed by atoms with van der Waals surface area (Å²) < 4.78 is 24.4. The van der Waals surface area contributed by atoms with Crippen LogP contribution in [0.15, 0.2) is 22.6 Å². The number of halogens is 1. The van der Waals surface area contributed by atoms with Gasteiger partial charge in [-0.05, 0) is 50.8 Å². The van der Waals surface area contributed by atoms with Gasteiger partial charge in [0.25, 0.3) is 0 Å². The predicted octanol–water partition coefficient (Wildman–Crippen LogP) is 3.49. The number of aryl methyl sites for hydroxylation is 1. The van der Waals surface area contributed by atoms with E-state index < -0.39 is 0 Å². The third kappa shape index (κ3) is 3.70. The van der Waals surface area contributed by atoms with Crippen LogP contribution in [-0.2, 0) is 11.3 Å². The highest BCUT2D eigenvalue weighted by Crippen LogP contribution is 2.25. The van der Waals surface area contributed by atoms with E-state index in [9.17, 15) is 9.18 Å².